The quantitative estimate of drug-likeness (QED) is 0.880. The molecule has 0 aromatic heterocycles. The van der Waals surface area contributed by atoms with Crippen LogP contribution in [-0.2, 0) is 21.0 Å². The van der Waals surface area contributed by atoms with Crippen LogP contribution < -0.4 is 10.0 Å². The summed E-state index contributed by atoms with van der Waals surface area (Å²) < 4.78 is 63.5. The Hall–Kier alpha value is -1.61. The van der Waals surface area contributed by atoms with Crippen LogP contribution in [0.15, 0.2) is 29.2 Å². The van der Waals surface area contributed by atoms with Crippen LogP contribution in [0.25, 0.3) is 0 Å². The van der Waals surface area contributed by atoms with Gasteiger partial charge in [-0.15, -0.1) is 0 Å². The van der Waals surface area contributed by atoms with Gasteiger partial charge in [-0.2, -0.15) is 13.2 Å². The van der Waals surface area contributed by atoms with Crippen molar-refractivity contribution >= 4 is 15.9 Å². The largest absolute Gasteiger partial charge is 0.416 e. The maximum atomic E-state index is 12.6. The van der Waals surface area contributed by atoms with E-state index in [1.54, 1.807) is 20.8 Å². The van der Waals surface area contributed by atoms with Gasteiger partial charge in [0.25, 0.3) is 0 Å². The third-order valence-corrected chi connectivity index (χ3v) is 3.81. The molecule has 0 fully saturated rings. The topological polar surface area (TPSA) is 75.3 Å². The number of carbonyl (C=O) groups excluding carboxylic acids is 1. The van der Waals surface area contributed by atoms with E-state index in [0.717, 1.165) is 18.2 Å². The summed E-state index contributed by atoms with van der Waals surface area (Å²) in [5, 5.41) is 2.53. The molecular formula is C13H17F3N2O3S. The maximum Gasteiger partial charge on any atom is 0.416 e. The third-order valence-electron chi connectivity index (χ3n) is 2.41. The Kier molecular flexibility index (Phi) is 5.24. The SMILES string of the molecule is CC(C)(C)NC(=O)CNS(=O)(=O)c1cccc(C(F)(F)F)c1. The van der Waals surface area contributed by atoms with E-state index in [-0.39, 0.29) is 0 Å². The van der Waals surface area contributed by atoms with E-state index >= 15 is 0 Å². The van der Waals surface area contributed by atoms with Gasteiger partial charge in [-0.1, -0.05) is 6.07 Å². The van der Waals surface area contributed by atoms with Gasteiger partial charge >= 0.3 is 6.18 Å². The third kappa shape index (κ3) is 5.64. The van der Waals surface area contributed by atoms with Gasteiger partial charge in [-0.05, 0) is 39.0 Å². The summed E-state index contributed by atoms with van der Waals surface area (Å²) >= 11 is 0. The molecule has 1 aromatic rings. The van der Waals surface area contributed by atoms with Crippen LogP contribution in [0, 0.1) is 0 Å². The van der Waals surface area contributed by atoms with Crippen molar-refractivity contribution in [3.8, 4) is 0 Å². The van der Waals surface area contributed by atoms with Crippen molar-refractivity contribution in [1.82, 2.24) is 10.0 Å². The molecule has 9 heteroatoms. The molecule has 1 rings (SSSR count). The number of benzene rings is 1. The molecule has 1 amide bonds. The highest BCUT2D eigenvalue weighted by molar-refractivity contribution is 7.89. The van der Waals surface area contributed by atoms with Gasteiger partial charge in [0.2, 0.25) is 15.9 Å². The Balaban J connectivity index is 2.86. The Labute approximate surface area is 127 Å². The fourth-order valence-corrected chi connectivity index (χ4v) is 2.57. The highest BCUT2D eigenvalue weighted by Gasteiger charge is 2.31. The first kappa shape index (κ1) is 18.4. The smallest absolute Gasteiger partial charge is 0.350 e. The van der Waals surface area contributed by atoms with Crippen molar-refractivity contribution < 1.29 is 26.4 Å². The first-order valence-corrected chi connectivity index (χ1v) is 7.77. The van der Waals surface area contributed by atoms with Gasteiger partial charge in [0, 0.05) is 5.54 Å². The number of hydrogen-bond acceptors (Lipinski definition) is 3. The molecule has 1 aromatic carbocycles. The van der Waals surface area contributed by atoms with E-state index in [9.17, 15) is 26.4 Å². The Morgan fingerprint density at radius 3 is 2.27 bits per heavy atom. The fourth-order valence-electron chi connectivity index (χ4n) is 1.55. The minimum absolute atomic E-state index is 0.518. The summed E-state index contributed by atoms with van der Waals surface area (Å²) in [7, 11) is -4.20. The second-order valence-electron chi connectivity index (χ2n) is 5.65. The van der Waals surface area contributed by atoms with Crippen LogP contribution in [0.3, 0.4) is 0 Å². The van der Waals surface area contributed by atoms with E-state index < -0.39 is 44.6 Å². The molecule has 0 aliphatic rings. The van der Waals surface area contributed by atoms with Gasteiger partial charge in [-0.25, -0.2) is 13.1 Å². The van der Waals surface area contributed by atoms with Crippen molar-refractivity contribution in [1.29, 1.82) is 0 Å². The molecule has 0 unspecified atom stereocenters. The first-order chi connectivity index (χ1) is 9.81. The molecule has 0 radical (unpaired) electrons. The summed E-state index contributed by atoms with van der Waals surface area (Å²) in [6.07, 6.45) is -4.64. The van der Waals surface area contributed by atoms with Crippen LogP contribution in [0.2, 0.25) is 0 Å². The molecule has 0 aliphatic carbocycles. The molecule has 0 bridgehead atoms. The second kappa shape index (κ2) is 6.25. The number of halogens is 3. The van der Waals surface area contributed by atoms with E-state index in [0.29, 0.717) is 6.07 Å². The lowest BCUT2D eigenvalue weighted by Gasteiger charge is -2.20. The molecule has 0 spiro atoms. The number of rotatable bonds is 4. The molecule has 22 heavy (non-hydrogen) atoms. The summed E-state index contributed by atoms with van der Waals surface area (Å²) in [5.74, 6) is -0.581. The Morgan fingerprint density at radius 1 is 1.18 bits per heavy atom. The number of carbonyl (C=O) groups is 1. The Morgan fingerprint density at radius 2 is 1.77 bits per heavy atom. The van der Waals surface area contributed by atoms with Crippen molar-refractivity contribution in [3.05, 3.63) is 29.8 Å². The molecule has 0 saturated heterocycles. The van der Waals surface area contributed by atoms with Crippen molar-refractivity contribution in [2.24, 2.45) is 0 Å². The van der Waals surface area contributed by atoms with E-state index in [1.165, 1.54) is 0 Å². The van der Waals surface area contributed by atoms with Gasteiger partial charge in [0.05, 0.1) is 17.0 Å². The molecule has 0 atom stereocenters. The van der Waals surface area contributed by atoms with Crippen LogP contribution in [0.1, 0.15) is 26.3 Å². The highest BCUT2D eigenvalue weighted by atomic mass is 32.2. The number of amides is 1. The lowest BCUT2D eigenvalue weighted by molar-refractivity contribution is -0.137. The van der Waals surface area contributed by atoms with Crippen LogP contribution >= 0.6 is 0 Å². The zero-order valence-electron chi connectivity index (χ0n) is 12.3. The zero-order valence-corrected chi connectivity index (χ0v) is 13.1. The molecule has 124 valence electrons. The standard InChI is InChI=1S/C13H17F3N2O3S/c1-12(2,3)18-11(19)8-17-22(20,21)10-6-4-5-9(7-10)13(14,15)16/h4-7,17H,8H2,1-3H3,(H,18,19). The maximum absolute atomic E-state index is 12.6. The predicted octanol–water partition coefficient (Wildman–Crippen LogP) is 1.90. The number of nitrogens with one attached hydrogen (secondary N) is 2. The lowest BCUT2D eigenvalue weighted by Crippen LogP contribution is -2.45. The predicted molar refractivity (Wildman–Crippen MR) is 74.5 cm³/mol. The van der Waals surface area contributed by atoms with Crippen molar-refractivity contribution in [3.63, 3.8) is 0 Å². The second-order valence-corrected chi connectivity index (χ2v) is 7.42. The van der Waals surface area contributed by atoms with Gasteiger partial charge in [-0.3, -0.25) is 4.79 Å². The summed E-state index contributed by atoms with van der Waals surface area (Å²) in [4.78, 5) is 11.0. The normalized spacial score (nSPS) is 13.0. The number of hydrogen-bond donors (Lipinski definition) is 2. The molecular weight excluding hydrogens is 321 g/mol. The molecule has 0 heterocycles. The van der Waals surface area contributed by atoms with Crippen molar-refractivity contribution in [2.75, 3.05) is 6.54 Å². The fraction of sp³-hybridized carbons (Fsp3) is 0.462. The Bertz CT molecular complexity index is 649. The number of sulfonamides is 1. The average molecular weight is 338 g/mol. The van der Waals surface area contributed by atoms with Crippen molar-refractivity contribution in [2.45, 2.75) is 37.4 Å². The van der Waals surface area contributed by atoms with Crippen LogP contribution in [-0.4, -0.2) is 26.4 Å². The zero-order chi connectivity index (χ0) is 17.2. The van der Waals surface area contributed by atoms with Crippen LogP contribution in [0.5, 0.6) is 0 Å². The van der Waals surface area contributed by atoms with E-state index in [1.807, 2.05) is 4.72 Å². The van der Waals surface area contributed by atoms with Gasteiger partial charge in [0.1, 0.15) is 0 Å². The minimum atomic E-state index is -4.64. The molecule has 2 N–H and O–H groups in total. The number of alkyl halides is 3. The minimum Gasteiger partial charge on any atom is -0.350 e. The molecule has 0 saturated carbocycles. The monoisotopic (exact) mass is 338 g/mol. The van der Waals surface area contributed by atoms with Gasteiger partial charge < -0.3 is 5.32 Å². The molecule has 5 nitrogen and oxygen atoms in total. The molecule has 0 aliphatic heterocycles. The highest BCUT2D eigenvalue weighted by Crippen LogP contribution is 2.30. The van der Waals surface area contributed by atoms with E-state index in [4.69, 9.17) is 0 Å². The van der Waals surface area contributed by atoms with E-state index in [2.05, 4.69) is 5.32 Å². The first-order valence-electron chi connectivity index (χ1n) is 6.29. The summed E-state index contributed by atoms with van der Waals surface area (Å²) in [6.45, 7) is 4.58. The summed E-state index contributed by atoms with van der Waals surface area (Å²) in [6, 6.07) is 3.31. The average Bonchev–Trinajstić information content (AvgIpc) is 2.34. The lowest BCUT2D eigenvalue weighted by atomic mass is 10.1. The van der Waals surface area contributed by atoms with Crippen LogP contribution in [0.4, 0.5) is 13.2 Å². The summed E-state index contributed by atoms with van der Waals surface area (Å²) in [5.41, 5.74) is -1.62. The van der Waals surface area contributed by atoms with Gasteiger partial charge in [0.15, 0.2) is 0 Å².